The number of nitrogens with zero attached hydrogens (tertiary/aromatic N) is 9. The van der Waals surface area contributed by atoms with Crippen molar-refractivity contribution in [3.8, 4) is 22.5 Å². The Morgan fingerprint density at radius 1 is 0.525 bits per heavy atom. The van der Waals surface area contributed by atoms with E-state index in [-0.39, 0.29) is 11.8 Å². The van der Waals surface area contributed by atoms with Gasteiger partial charge in [-0.1, -0.05) is 84.4 Å². The van der Waals surface area contributed by atoms with Crippen LogP contribution >= 0.6 is 11.6 Å². The number of nitrogens with one attached hydrogen (secondary N) is 4. The van der Waals surface area contributed by atoms with Gasteiger partial charge in [-0.25, -0.2) is 24.9 Å². The van der Waals surface area contributed by atoms with E-state index >= 15 is 0 Å². The van der Waals surface area contributed by atoms with Gasteiger partial charge >= 0.3 is 0 Å². The molecule has 2 saturated heterocycles. The Balaban J connectivity index is 0.000000180. The van der Waals surface area contributed by atoms with E-state index in [1.165, 1.54) is 30.8 Å². The van der Waals surface area contributed by atoms with Gasteiger partial charge in [0.2, 0.25) is 23.7 Å². The highest BCUT2D eigenvalue weighted by Gasteiger charge is 2.20. The van der Waals surface area contributed by atoms with E-state index < -0.39 is 0 Å². The third-order valence-electron chi connectivity index (χ3n) is 13.8. The van der Waals surface area contributed by atoms with Crippen LogP contribution in [0.25, 0.3) is 33.4 Å². The normalized spacial score (nSPS) is 13.7. The molecule has 9 aromatic rings. The van der Waals surface area contributed by atoms with Crippen molar-refractivity contribution in [2.45, 2.75) is 27.0 Å². The average molecular weight is 1090 g/mol. The lowest BCUT2D eigenvalue weighted by molar-refractivity contribution is -0.115. The molecule has 0 aliphatic carbocycles. The Bertz CT molecular complexity index is 3470. The first-order valence-corrected chi connectivity index (χ1v) is 27.3. The second kappa shape index (κ2) is 26.7. The molecule has 6 aromatic carbocycles. The Labute approximate surface area is 471 Å². The minimum atomic E-state index is -0.0975. The van der Waals surface area contributed by atoms with Crippen LogP contribution in [0.15, 0.2) is 182 Å². The summed E-state index contributed by atoms with van der Waals surface area (Å²) in [5.41, 5.74) is 12.5. The fraction of sp³-hybridized carbons (Fsp3) is 0.222. The molecule has 80 heavy (non-hydrogen) atoms. The van der Waals surface area contributed by atoms with Gasteiger partial charge in [-0.2, -0.15) is 0 Å². The highest BCUT2D eigenvalue weighted by Crippen LogP contribution is 2.28. The van der Waals surface area contributed by atoms with Crippen LogP contribution in [0.2, 0.25) is 5.15 Å². The standard InChI is InChI=1S/C32H30ClN7O.C31H34N6O2/c1-22(41)35-26-8-6-23(7-9-26)30-14-15-34-32(38-30)36-27-10-12-28(13-11-27)40-18-16-39(17-19-40)21-25-20-24-4-2-3-5-29(24)37-31(25)33;1-24(38)33-27-9-7-26(8-10-27)30-15-16-32-31(35-30)34-28-11-13-29(14-12-28)37-19-17-36(18-20-37)21-22-39-23-25-5-3-2-4-6-25/h2-15,20H,16-19,21H2,1H3,(H,35,41)(H,34,36,38);2-16H,17-23H2,1H3,(H,33,38)(H,32,34,35). The van der Waals surface area contributed by atoms with Crippen molar-refractivity contribution in [3.63, 3.8) is 0 Å². The molecule has 11 rings (SSSR count). The Morgan fingerprint density at radius 3 is 1.51 bits per heavy atom. The Morgan fingerprint density at radius 2 is 1.00 bits per heavy atom. The number of para-hydroxylation sites is 1. The fourth-order valence-electron chi connectivity index (χ4n) is 9.62. The third kappa shape index (κ3) is 15.3. The number of fused-ring (bicyclic) bond motifs is 1. The van der Waals surface area contributed by atoms with E-state index in [9.17, 15) is 9.59 Å². The van der Waals surface area contributed by atoms with Gasteiger partial charge in [0.15, 0.2) is 0 Å². The summed E-state index contributed by atoms with van der Waals surface area (Å²) < 4.78 is 5.86. The average Bonchev–Trinajstić information content (AvgIpc) is 3.48. The molecule has 17 heteroatoms. The topological polar surface area (TPSA) is 169 Å². The van der Waals surface area contributed by atoms with Crippen LogP contribution in [0.5, 0.6) is 0 Å². The van der Waals surface area contributed by atoms with Crippen LogP contribution in [-0.2, 0) is 27.5 Å². The number of carbonyl (C=O) groups excluding carboxylic acids is 2. The van der Waals surface area contributed by atoms with Crippen LogP contribution < -0.4 is 31.1 Å². The summed E-state index contributed by atoms with van der Waals surface area (Å²) in [6, 6.07) is 56.3. The molecular weight excluding hydrogens is 1020 g/mol. The highest BCUT2D eigenvalue weighted by molar-refractivity contribution is 6.30. The lowest BCUT2D eigenvalue weighted by Gasteiger charge is -2.36. The van der Waals surface area contributed by atoms with E-state index in [1.54, 1.807) is 12.4 Å². The number of pyridine rings is 1. The third-order valence-corrected chi connectivity index (χ3v) is 14.2. The van der Waals surface area contributed by atoms with Crippen molar-refractivity contribution in [1.29, 1.82) is 0 Å². The number of piperazine rings is 2. The predicted molar refractivity (Wildman–Crippen MR) is 322 cm³/mol. The predicted octanol–water partition coefficient (Wildman–Crippen LogP) is 11.6. The summed E-state index contributed by atoms with van der Waals surface area (Å²) in [7, 11) is 0. The molecule has 0 bridgehead atoms. The molecule has 0 radical (unpaired) electrons. The van der Waals surface area contributed by atoms with Crippen molar-refractivity contribution >= 4 is 80.3 Å². The van der Waals surface area contributed by atoms with Crippen LogP contribution in [0.1, 0.15) is 25.0 Å². The molecule has 2 aliphatic heterocycles. The van der Waals surface area contributed by atoms with Gasteiger partial charge in [0.25, 0.3) is 0 Å². The number of hydrogen-bond acceptors (Lipinski definition) is 14. The zero-order valence-corrected chi connectivity index (χ0v) is 45.7. The number of rotatable bonds is 17. The van der Waals surface area contributed by atoms with Crippen molar-refractivity contribution < 1.29 is 14.3 Å². The van der Waals surface area contributed by atoms with Crippen LogP contribution in [0.4, 0.5) is 46.0 Å². The molecule has 0 spiro atoms. The minimum absolute atomic E-state index is 0.0928. The molecule has 2 aliphatic rings. The molecule has 0 unspecified atom stereocenters. The first kappa shape index (κ1) is 54.6. The fourth-order valence-corrected chi connectivity index (χ4v) is 9.83. The van der Waals surface area contributed by atoms with E-state index in [2.05, 4.69) is 139 Å². The molecule has 0 atom stereocenters. The molecule has 2 fully saturated rings. The number of halogens is 1. The van der Waals surface area contributed by atoms with Crippen molar-refractivity contribution in [2.75, 3.05) is 96.6 Å². The van der Waals surface area contributed by atoms with Crippen LogP contribution in [0, 0.1) is 0 Å². The maximum atomic E-state index is 11.3. The summed E-state index contributed by atoms with van der Waals surface area (Å²) in [4.78, 5) is 54.9. The number of ether oxygens (including phenoxy) is 1. The summed E-state index contributed by atoms with van der Waals surface area (Å²) in [5.74, 6) is 0.871. The molecule has 2 amide bonds. The van der Waals surface area contributed by atoms with Crippen molar-refractivity contribution in [3.05, 3.63) is 199 Å². The smallest absolute Gasteiger partial charge is 0.227 e. The second-order valence-electron chi connectivity index (χ2n) is 19.7. The summed E-state index contributed by atoms with van der Waals surface area (Å²) in [5, 5.41) is 13.9. The second-order valence-corrected chi connectivity index (χ2v) is 20.0. The quantitative estimate of drug-likeness (QED) is 0.0502. The zero-order chi connectivity index (χ0) is 55.0. The largest absolute Gasteiger partial charge is 0.375 e. The molecule has 0 saturated carbocycles. The molecule has 406 valence electrons. The number of amides is 2. The summed E-state index contributed by atoms with van der Waals surface area (Å²) in [6.07, 6.45) is 3.48. The van der Waals surface area contributed by atoms with Gasteiger partial charge in [-0.05, 0) is 103 Å². The maximum Gasteiger partial charge on any atom is 0.227 e. The number of benzene rings is 6. The van der Waals surface area contributed by atoms with Gasteiger partial charge < -0.3 is 35.8 Å². The van der Waals surface area contributed by atoms with Crippen LogP contribution in [0.3, 0.4) is 0 Å². The van der Waals surface area contributed by atoms with Gasteiger partial charge in [0, 0.05) is 148 Å². The first-order valence-electron chi connectivity index (χ1n) is 26.9. The van der Waals surface area contributed by atoms with Gasteiger partial charge in [-0.15, -0.1) is 0 Å². The number of carbonyl (C=O) groups is 2. The number of anilines is 8. The molecular formula is C63H64ClN13O3. The first-order chi connectivity index (χ1) is 39.1. The SMILES string of the molecule is CC(=O)Nc1ccc(-c2ccnc(Nc3ccc(N4CCN(CCOCc5ccccc5)CC4)cc3)n2)cc1.CC(=O)Nc1ccc(-c2ccnc(Nc3ccc(N4CCN(Cc5cc6ccccc6nc5Cl)CC4)cc3)n2)cc1. The Hall–Kier alpha value is -8.80. The number of hydrogen-bond donors (Lipinski definition) is 4. The zero-order valence-electron chi connectivity index (χ0n) is 44.9. The van der Waals surface area contributed by atoms with E-state index in [1.807, 2.05) is 97.1 Å². The molecule has 5 heterocycles. The summed E-state index contributed by atoms with van der Waals surface area (Å²) in [6.45, 7) is 14.0. The Kier molecular flexibility index (Phi) is 18.2. The molecule has 16 nitrogen and oxygen atoms in total. The van der Waals surface area contributed by atoms with Gasteiger partial charge in [0.05, 0.1) is 30.1 Å². The van der Waals surface area contributed by atoms with E-state index in [4.69, 9.17) is 16.3 Å². The monoisotopic (exact) mass is 1090 g/mol. The lowest BCUT2D eigenvalue weighted by atomic mass is 10.1. The van der Waals surface area contributed by atoms with Crippen LogP contribution in [-0.4, -0.2) is 112 Å². The summed E-state index contributed by atoms with van der Waals surface area (Å²) >= 11 is 6.50. The molecule has 4 N–H and O–H groups in total. The number of aromatic nitrogens is 5. The van der Waals surface area contributed by atoms with E-state index in [0.717, 1.165) is 134 Å². The minimum Gasteiger partial charge on any atom is -0.375 e. The maximum absolute atomic E-state index is 11.3. The lowest BCUT2D eigenvalue weighted by Crippen LogP contribution is -2.47. The van der Waals surface area contributed by atoms with Gasteiger partial charge in [-0.3, -0.25) is 19.4 Å². The van der Waals surface area contributed by atoms with Gasteiger partial charge in [0.1, 0.15) is 5.15 Å². The molecule has 3 aromatic heterocycles. The van der Waals surface area contributed by atoms with Crippen molar-refractivity contribution in [2.24, 2.45) is 0 Å². The van der Waals surface area contributed by atoms with E-state index in [0.29, 0.717) is 23.7 Å². The highest BCUT2D eigenvalue weighted by atomic mass is 35.5. The van der Waals surface area contributed by atoms with Crippen molar-refractivity contribution in [1.82, 2.24) is 34.7 Å².